The molecule has 7 nitrogen and oxygen atoms in total. The SMILES string of the molecule is CCN(CC)CCN(C(=O)c1cc([N+](=O)[O-])ccc1Cl)c1nc2ccc(C)cc2s1. The third-order valence-electron chi connectivity index (χ3n) is 4.93. The van der Waals surface area contributed by atoms with E-state index in [9.17, 15) is 14.9 Å². The summed E-state index contributed by atoms with van der Waals surface area (Å²) in [5.41, 5.74) is 1.85. The monoisotopic (exact) mass is 446 g/mol. The highest BCUT2D eigenvalue weighted by Crippen LogP contribution is 2.32. The Balaban J connectivity index is 2.03. The number of nitro groups is 1. The number of carbonyl (C=O) groups excluding carboxylic acids is 1. The molecule has 0 N–H and O–H groups in total. The van der Waals surface area contributed by atoms with E-state index in [-0.39, 0.29) is 16.3 Å². The van der Waals surface area contributed by atoms with E-state index in [0.717, 1.165) is 28.9 Å². The Kier molecular flexibility index (Phi) is 7.02. The number of halogens is 1. The number of non-ortho nitro benzene ring substituents is 1. The number of likely N-dealkylation sites (N-methyl/N-ethyl adjacent to an activating group) is 1. The lowest BCUT2D eigenvalue weighted by atomic mass is 10.1. The molecular weight excluding hydrogens is 424 g/mol. The Morgan fingerprint density at radius 1 is 1.17 bits per heavy atom. The second kappa shape index (κ2) is 9.51. The van der Waals surface area contributed by atoms with E-state index >= 15 is 0 Å². The topological polar surface area (TPSA) is 79.6 Å². The number of carbonyl (C=O) groups is 1. The molecule has 0 spiro atoms. The highest BCUT2D eigenvalue weighted by atomic mass is 35.5. The fraction of sp³-hybridized carbons (Fsp3) is 0.333. The van der Waals surface area contributed by atoms with Gasteiger partial charge in [-0.3, -0.25) is 19.8 Å². The minimum Gasteiger partial charge on any atom is -0.302 e. The third-order valence-corrected chi connectivity index (χ3v) is 6.30. The molecule has 0 aliphatic heterocycles. The lowest BCUT2D eigenvalue weighted by molar-refractivity contribution is -0.384. The Bertz CT molecular complexity index is 1080. The van der Waals surface area contributed by atoms with Gasteiger partial charge in [0.2, 0.25) is 0 Å². The maximum atomic E-state index is 13.4. The predicted molar refractivity (Wildman–Crippen MR) is 122 cm³/mol. The van der Waals surface area contributed by atoms with Crippen LogP contribution in [0.2, 0.25) is 5.02 Å². The number of amides is 1. The molecule has 30 heavy (non-hydrogen) atoms. The van der Waals surface area contributed by atoms with Crippen molar-refractivity contribution < 1.29 is 9.72 Å². The number of aromatic nitrogens is 1. The summed E-state index contributed by atoms with van der Waals surface area (Å²) < 4.78 is 0.982. The van der Waals surface area contributed by atoms with Gasteiger partial charge in [-0.15, -0.1) is 0 Å². The summed E-state index contributed by atoms with van der Waals surface area (Å²) in [6.45, 7) is 8.90. The van der Waals surface area contributed by atoms with Gasteiger partial charge in [-0.25, -0.2) is 4.98 Å². The molecular formula is C21H23ClN4O3S. The van der Waals surface area contributed by atoms with Crippen molar-refractivity contribution in [3.63, 3.8) is 0 Å². The van der Waals surface area contributed by atoms with Gasteiger partial charge in [0.1, 0.15) is 0 Å². The number of nitrogens with zero attached hydrogens (tertiary/aromatic N) is 4. The Hall–Kier alpha value is -2.55. The first-order valence-electron chi connectivity index (χ1n) is 9.69. The van der Waals surface area contributed by atoms with Crippen molar-refractivity contribution in [3.8, 4) is 0 Å². The minimum atomic E-state index is -0.534. The van der Waals surface area contributed by atoms with E-state index in [4.69, 9.17) is 11.6 Å². The fourth-order valence-corrected chi connectivity index (χ4v) is 4.42. The molecule has 9 heteroatoms. The number of hydrogen-bond acceptors (Lipinski definition) is 6. The standard InChI is InChI=1S/C21H23ClN4O3S/c1-4-24(5-2)10-11-25(21-23-18-9-6-14(3)12-19(18)30-21)20(27)16-13-15(26(28)29)7-8-17(16)22/h6-9,12-13H,4-5,10-11H2,1-3H3. The van der Waals surface area contributed by atoms with E-state index < -0.39 is 10.8 Å². The molecule has 0 fully saturated rings. The van der Waals surface area contributed by atoms with E-state index in [1.165, 1.54) is 29.5 Å². The molecule has 3 rings (SSSR count). The normalized spacial score (nSPS) is 11.2. The van der Waals surface area contributed by atoms with Crippen molar-refractivity contribution in [2.45, 2.75) is 20.8 Å². The summed E-state index contributed by atoms with van der Waals surface area (Å²) in [7, 11) is 0. The van der Waals surface area contributed by atoms with Crippen LogP contribution in [0.4, 0.5) is 10.8 Å². The average molecular weight is 447 g/mol. The Morgan fingerprint density at radius 2 is 1.90 bits per heavy atom. The van der Waals surface area contributed by atoms with Crippen LogP contribution in [-0.2, 0) is 0 Å². The summed E-state index contributed by atoms with van der Waals surface area (Å²) in [5.74, 6) is -0.397. The highest BCUT2D eigenvalue weighted by molar-refractivity contribution is 7.22. The number of aryl methyl sites for hydroxylation is 1. The molecule has 0 radical (unpaired) electrons. The van der Waals surface area contributed by atoms with Gasteiger partial charge >= 0.3 is 0 Å². The number of fused-ring (bicyclic) bond motifs is 1. The number of nitro benzene ring substituents is 1. The van der Waals surface area contributed by atoms with Gasteiger partial charge in [-0.2, -0.15) is 0 Å². The van der Waals surface area contributed by atoms with Gasteiger partial charge in [-0.1, -0.05) is 42.9 Å². The van der Waals surface area contributed by atoms with Gasteiger partial charge in [-0.05, 0) is 43.8 Å². The largest absolute Gasteiger partial charge is 0.302 e. The van der Waals surface area contributed by atoms with Crippen LogP contribution in [0.1, 0.15) is 29.8 Å². The maximum absolute atomic E-state index is 13.4. The summed E-state index contributed by atoms with van der Waals surface area (Å²) in [5, 5.41) is 11.9. The summed E-state index contributed by atoms with van der Waals surface area (Å²) in [4.78, 5) is 32.5. The van der Waals surface area contributed by atoms with Crippen LogP contribution in [0.3, 0.4) is 0 Å². The second-order valence-corrected chi connectivity index (χ2v) is 8.29. The van der Waals surface area contributed by atoms with E-state index in [0.29, 0.717) is 18.2 Å². The van der Waals surface area contributed by atoms with Crippen molar-refractivity contribution in [2.24, 2.45) is 0 Å². The molecule has 1 heterocycles. The molecule has 158 valence electrons. The number of hydrogen-bond donors (Lipinski definition) is 0. The highest BCUT2D eigenvalue weighted by Gasteiger charge is 2.25. The number of anilines is 1. The van der Waals surface area contributed by atoms with Crippen molar-refractivity contribution in [2.75, 3.05) is 31.1 Å². The first-order valence-corrected chi connectivity index (χ1v) is 10.9. The van der Waals surface area contributed by atoms with Crippen LogP contribution >= 0.6 is 22.9 Å². The first-order chi connectivity index (χ1) is 14.3. The van der Waals surface area contributed by atoms with Gasteiger partial charge in [0.25, 0.3) is 11.6 Å². The molecule has 0 unspecified atom stereocenters. The van der Waals surface area contributed by atoms with Crippen molar-refractivity contribution in [1.82, 2.24) is 9.88 Å². The lowest BCUT2D eigenvalue weighted by Gasteiger charge is -2.25. The zero-order valence-corrected chi connectivity index (χ0v) is 18.7. The Morgan fingerprint density at radius 3 is 2.57 bits per heavy atom. The van der Waals surface area contributed by atoms with Crippen LogP contribution in [0.25, 0.3) is 10.2 Å². The molecule has 0 saturated heterocycles. The second-order valence-electron chi connectivity index (χ2n) is 6.87. The molecule has 0 atom stereocenters. The molecule has 0 aliphatic carbocycles. The van der Waals surface area contributed by atoms with Gasteiger partial charge in [0.05, 0.1) is 25.7 Å². The summed E-state index contributed by atoms with van der Waals surface area (Å²) in [6, 6.07) is 9.84. The number of rotatable bonds is 8. The predicted octanol–water partition coefficient (Wildman–Crippen LogP) is 5.15. The van der Waals surface area contributed by atoms with Crippen LogP contribution < -0.4 is 4.90 Å². The van der Waals surface area contributed by atoms with Gasteiger partial charge < -0.3 is 4.90 Å². The van der Waals surface area contributed by atoms with E-state index in [1.807, 2.05) is 25.1 Å². The van der Waals surface area contributed by atoms with Crippen molar-refractivity contribution in [3.05, 3.63) is 62.7 Å². The minimum absolute atomic E-state index is 0.0980. The quantitative estimate of drug-likeness (QED) is 0.353. The zero-order chi connectivity index (χ0) is 21.8. The van der Waals surface area contributed by atoms with Gasteiger partial charge in [0.15, 0.2) is 5.13 Å². The number of thiazole rings is 1. The summed E-state index contributed by atoms with van der Waals surface area (Å²) in [6.07, 6.45) is 0. The molecule has 0 bridgehead atoms. The molecule has 3 aromatic rings. The lowest BCUT2D eigenvalue weighted by Crippen LogP contribution is -2.39. The van der Waals surface area contributed by atoms with Crippen LogP contribution in [0, 0.1) is 17.0 Å². The van der Waals surface area contributed by atoms with Crippen molar-refractivity contribution in [1.29, 1.82) is 0 Å². The number of benzene rings is 2. The van der Waals surface area contributed by atoms with Crippen LogP contribution in [0.15, 0.2) is 36.4 Å². The van der Waals surface area contributed by atoms with E-state index in [2.05, 4.69) is 23.7 Å². The molecule has 1 amide bonds. The fourth-order valence-electron chi connectivity index (χ4n) is 3.14. The first kappa shape index (κ1) is 22.1. The van der Waals surface area contributed by atoms with E-state index in [1.54, 1.807) is 4.90 Å². The summed E-state index contributed by atoms with van der Waals surface area (Å²) >= 11 is 7.67. The zero-order valence-electron chi connectivity index (χ0n) is 17.1. The average Bonchev–Trinajstić information content (AvgIpc) is 3.13. The molecule has 1 aromatic heterocycles. The van der Waals surface area contributed by atoms with Crippen LogP contribution in [-0.4, -0.2) is 46.9 Å². The molecule has 0 saturated carbocycles. The third kappa shape index (κ3) is 4.77. The van der Waals surface area contributed by atoms with Crippen LogP contribution in [0.5, 0.6) is 0 Å². The molecule has 2 aromatic carbocycles. The smallest absolute Gasteiger partial charge is 0.270 e. The Labute approximate surface area is 184 Å². The molecule has 0 aliphatic rings. The van der Waals surface area contributed by atoms with Gasteiger partial charge in [0, 0.05) is 25.2 Å². The maximum Gasteiger partial charge on any atom is 0.270 e. The van der Waals surface area contributed by atoms with Crippen molar-refractivity contribution >= 4 is 49.9 Å².